The topological polar surface area (TPSA) is 75.9 Å². The molecule has 0 aliphatic carbocycles. The molecule has 2 heterocycles. The van der Waals surface area contributed by atoms with Crippen molar-refractivity contribution < 1.29 is 23.2 Å². The fraction of sp³-hybridized carbons (Fsp3) is 0.595. The molecule has 1 saturated heterocycles. The van der Waals surface area contributed by atoms with Crippen LogP contribution in [0.25, 0.3) is 11.0 Å². The summed E-state index contributed by atoms with van der Waals surface area (Å²) < 4.78 is 24.3. The van der Waals surface area contributed by atoms with Gasteiger partial charge in [-0.15, -0.1) is 0 Å². The summed E-state index contributed by atoms with van der Waals surface area (Å²) >= 11 is 0. The Labute approximate surface area is 268 Å². The number of unbranched alkanes of at least 4 members (excludes halogenated alkanes) is 12. The predicted molar refractivity (Wildman–Crippen MR) is 179 cm³/mol. The zero-order chi connectivity index (χ0) is 31.7. The molecule has 1 aliphatic rings. The Balaban J connectivity index is 1.08. The number of piperazine rings is 1. The van der Waals surface area contributed by atoms with Gasteiger partial charge in [-0.25, -0.2) is 4.39 Å². The first-order chi connectivity index (χ1) is 22.0. The number of benzene rings is 2. The highest BCUT2D eigenvalue weighted by Gasteiger charge is 2.22. The Morgan fingerprint density at radius 1 is 0.778 bits per heavy atom. The van der Waals surface area contributed by atoms with E-state index in [0.29, 0.717) is 29.7 Å². The number of Topliss-reactive ketones (excluding diaryl/α,β-unsaturated/α-hetero) is 1. The van der Waals surface area contributed by atoms with Gasteiger partial charge in [0.25, 0.3) is 0 Å². The Hall–Kier alpha value is -3.26. The van der Waals surface area contributed by atoms with Crippen LogP contribution in [0, 0.1) is 5.82 Å². The van der Waals surface area contributed by atoms with Gasteiger partial charge in [0, 0.05) is 50.7 Å². The van der Waals surface area contributed by atoms with Crippen molar-refractivity contribution in [2.24, 2.45) is 0 Å². The summed E-state index contributed by atoms with van der Waals surface area (Å²) in [5.74, 6) is 0.814. The molecule has 45 heavy (non-hydrogen) atoms. The lowest BCUT2D eigenvalue weighted by Crippen LogP contribution is -2.46. The second-order valence-electron chi connectivity index (χ2n) is 12.5. The fourth-order valence-electron chi connectivity index (χ4n) is 6.09. The summed E-state index contributed by atoms with van der Waals surface area (Å²) in [6, 6.07) is 11.2. The van der Waals surface area contributed by atoms with E-state index in [-0.39, 0.29) is 17.6 Å². The second kappa shape index (κ2) is 19.3. The number of aromatic nitrogens is 1. The first kappa shape index (κ1) is 34.6. The first-order valence-corrected chi connectivity index (χ1v) is 17.4. The molecule has 1 aliphatic heterocycles. The number of rotatable bonds is 21. The number of hydrogen-bond acceptors (Lipinski definition) is 7. The van der Waals surface area contributed by atoms with E-state index in [9.17, 15) is 14.0 Å². The number of hydrogen-bond donors (Lipinski definition) is 0. The maximum absolute atomic E-state index is 13.1. The molecule has 1 fully saturated rings. The number of ketones is 1. The summed E-state index contributed by atoms with van der Waals surface area (Å²) in [5.41, 5.74) is 1.17. The van der Waals surface area contributed by atoms with Gasteiger partial charge in [0.15, 0.2) is 17.2 Å². The van der Waals surface area contributed by atoms with E-state index < -0.39 is 0 Å². The molecule has 8 heteroatoms. The quantitative estimate of drug-likeness (QED) is 0.0508. The average molecular weight is 622 g/mol. The maximum atomic E-state index is 13.1. The Kier molecular flexibility index (Phi) is 14.8. The Morgan fingerprint density at radius 3 is 2.04 bits per heavy atom. The first-order valence-electron chi connectivity index (χ1n) is 17.4. The molecule has 7 nitrogen and oxygen atoms in total. The Morgan fingerprint density at radius 2 is 1.40 bits per heavy atom. The number of anilines is 1. The van der Waals surface area contributed by atoms with Gasteiger partial charge in [0.2, 0.25) is 0 Å². The van der Waals surface area contributed by atoms with E-state index >= 15 is 0 Å². The third kappa shape index (κ3) is 11.9. The zero-order valence-electron chi connectivity index (χ0n) is 27.2. The van der Waals surface area contributed by atoms with Gasteiger partial charge in [0.1, 0.15) is 11.6 Å². The highest BCUT2D eigenvalue weighted by molar-refractivity contribution is 5.96. The smallest absolute Gasteiger partial charge is 0.311 e. The van der Waals surface area contributed by atoms with Gasteiger partial charge in [-0.1, -0.05) is 89.1 Å². The van der Waals surface area contributed by atoms with Gasteiger partial charge in [-0.3, -0.25) is 14.5 Å². The molecule has 0 radical (unpaired) electrons. The second-order valence-corrected chi connectivity index (χ2v) is 12.5. The molecule has 246 valence electrons. The number of esters is 1. The van der Waals surface area contributed by atoms with Gasteiger partial charge in [-0.2, -0.15) is 0 Å². The monoisotopic (exact) mass is 621 g/mol. The van der Waals surface area contributed by atoms with Gasteiger partial charge in [0.05, 0.1) is 5.39 Å². The van der Waals surface area contributed by atoms with Crippen LogP contribution < -0.4 is 9.64 Å². The molecule has 1 aromatic heterocycles. The minimum Gasteiger partial charge on any atom is -0.426 e. The van der Waals surface area contributed by atoms with Crippen molar-refractivity contribution in [2.45, 2.75) is 110 Å². The summed E-state index contributed by atoms with van der Waals surface area (Å²) in [6.45, 7) is 6.46. The maximum Gasteiger partial charge on any atom is 0.311 e. The van der Waals surface area contributed by atoms with Crippen LogP contribution in [0.15, 0.2) is 47.0 Å². The molecule has 0 N–H and O–H groups in total. The highest BCUT2D eigenvalue weighted by Crippen LogP contribution is 2.30. The summed E-state index contributed by atoms with van der Waals surface area (Å²) in [4.78, 5) is 29.3. The lowest BCUT2D eigenvalue weighted by molar-refractivity contribution is -0.134. The van der Waals surface area contributed by atoms with Crippen LogP contribution in [0.5, 0.6) is 5.75 Å². The summed E-state index contributed by atoms with van der Waals surface area (Å²) in [5, 5.41) is 5.23. The van der Waals surface area contributed by atoms with Crippen molar-refractivity contribution in [1.29, 1.82) is 0 Å². The summed E-state index contributed by atoms with van der Waals surface area (Å²) in [6.07, 6.45) is 18.3. The number of halogens is 1. The lowest BCUT2D eigenvalue weighted by Gasteiger charge is -2.34. The number of ether oxygens (including phenoxy) is 1. The largest absolute Gasteiger partial charge is 0.426 e. The number of fused-ring (bicyclic) bond motifs is 1. The third-order valence-electron chi connectivity index (χ3n) is 8.86. The molecular weight excluding hydrogens is 569 g/mol. The van der Waals surface area contributed by atoms with Gasteiger partial charge < -0.3 is 14.2 Å². The Bertz CT molecular complexity index is 1300. The van der Waals surface area contributed by atoms with E-state index in [4.69, 9.17) is 9.26 Å². The van der Waals surface area contributed by atoms with E-state index in [1.54, 1.807) is 18.2 Å². The summed E-state index contributed by atoms with van der Waals surface area (Å²) in [7, 11) is 0. The van der Waals surface area contributed by atoms with E-state index in [1.807, 2.05) is 12.1 Å². The fourth-order valence-corrected chi connectivity index (χ4v) is 6.09. The van der Waals surface area contributed by atoms with Crippen molar-refractivity contribution in [3.05, 3.63) is 53.8 Å². The molecule has 0 saturated carbocycles. The molecule has 0 bridgehead atoms. The average Bonchev–Trinajstić information content (AvgIpc) is 3.47. The van der Waals surface area contributed by atoms with Crippen LogP contribution in [0.3, 0.4) is 0 Å². The molecular formula is C37H52FN3O4. The van der Waals surface area contributed by atoms with Crippen LogP contribution in [0.2, 0.25) is 0 Å². The van der Waals surface area contributed by atoms with Crippen molar-refractivity contribution >= 4 is 28.5 Å². The van der Waals surface area contributed by atoms with Crippen LogP contribution in [-0.2, 0) is 4.79 Å². The van der Waals surface area contributed by atoms with Gasteiger partial charge in [-0.05, 0) is 55.8 Å². The molecule has 2 aromatic carbocycles. The molecule has 4 rings (SSSR count). The zero-order valence-corrected chi connectivity index (χ0v) is 27.2. The highest BCUT2D eigenvalue weighted by atomic mass is 19.1. The normalized spacial score (nSPS) is 13.9. The van der Waals surface area contributed by atoms with Crippen LogP contribution in [0.1, 0.15) is 120 Å². The van der Waals surface area contributed by atoms with E-state index in [0.717, 1.165) is 63.2 Å². The van der Waals surface area contributed by atoms with Crippen molar-refractivity contribution in [3.8, 4) is 5.75 Å². The lowest BCUT2D eigenvalue weighted by atomic mass is 10.0. The van der Waals surface area contributed by atoms with Crippen LogP contribution >= 0.6 is 0 Å². The molecule has 0 amide bonds. The molecule has 0 unspecified atom stereocenters. The van der Waals surface area contributed by atoms with Crippen molar-refractivity contribution in [3.63, 3.8) is 0 Å². The minimum absolute atomic E-state index is 0.0485. The number of carbonyl (C=O) groups is 2. The van der Waals surface area contributed by atoms with Crippen LogP contribution in [0.4, 0.5) is 10.2 Å². The molecule has 0 spiro atoms. The SMILES string of the molecule is CCCCCCCCCCCCCCCC(=O)Oc1ccc2c(N3CCN(CCCC(=O)c4ccc(F)cc4)CC3)noc2c1. The van der Waals surface area contributed by atoms with Crippen LogP contribution in [-0.4, -0.2) is 54.5 Å². The minimum atomic E-state index is -0.330. The van der Waals surface area contributed by atoms with Crippen molar-refractivity contribution in [2.75, 3.05) is 37.6 Å². The van der Waals surface area contributed by atoms with Crippen molar-refractivity contribution in [1.82, 2.24) is 10.1 Å². The number of nitrogens with zero attached hydrogens (tertiary/aromatic N) is 3. The van der Waals surface area contributed by atoms with Gasteiger partial charge >= 0.3 is 5.97 Å². The molecule has 0 atom stereocenters. The number of carbonyl (C=O) groups excluding carboxylic acids is 2. The van der Waals surface area contributed by atoms with E-state index in [1.165, 1.54) is 82.8 Å². The third-order valence-corrected chi connectivity index (χ3v) is 8.86. The van der Waals surface area contributed by atoms with E-state index in [2.05, 4.69) is 21.9 Å². The molecule has 3 aromatic rings. The predicted octanol–water partition coefficient (Wildman–Crippen LogP) is 9.14. The standard InChI is InChI=1S/C37H52FN3O4/c1-2-3-4-5-6-7-8-9-10-11-12-13-14-17-36(43)44-32-22-23-33-35(29-32)45-39-37(33)41-27-25-40(26-28-41)24-15-16-34(42)30-18-20-31(38)21-19-30/h18-23,29H,2-17,24-28H2,1H3.